The van der Waals surface area contributed by atoms with Crippen LogP contribution in [0.3, 0.4) is 0 Å². The summed E-state index contributed by atoms with van der Waals surface area (Å²) in [5.41, 5.74) is 3.07. The molecule has 11 aromatic carbocycles. The Hall–Kier alpha value is -9.34. The number of benzene rings is 11. The van der Waals surface area contributed by atoms with Crippen molar-refractivity contribution in [1.29, 1.82) is 0 Å². The molecule has 354 valence electrons. The average Bonchev–Trinajstić information content (AvgIpc) is 1.79. The first-order valence-electron chi connectivity index (χ1n) is 29.0. The van der Waals surface area contributed by atoms with E-state index in [0.29, 0.717) is 0 Å². The normalized spacial score (nSPS) is 13.2. The van der Waals surface area contributed by atoms with Crippen LogP contribution in [0.2, 0.25) is 0 Å². The monoisotopic (exact) mass is 998 g/mol. The highest BCUT2D eigenvalue weighted by molar-refractivity contribution is 7.20. The van der Waals surface area contributed by atoms with E-state index in [-0.39, 0.29) is 63.3 Å². The predicted octanol–water partition coefficient (Wildman–Crippen LogP) is 10.7. The van der Waals surface area contributed by atoms with Gasteiger partial charge < -0.3 is 0 Å². The third-order valence-corrected chi connectivity index (χ3v) is 23.5. The van der Waals surface area contributed by atoms with E-state index in [1.54, 1.807) is 0 Å². The largest absolute Gasteiger partial charge is 0.278 e. The van der Waals surface area contributed by atoms with Gasteiger partial charge in [-0.1, -0.05) is 291 Å². The van der Waals surface area contributed by atoms with Crippen molar-refractivity contribution >= 4 is 79.4 Å². The number of aromatic nitrogens is 4. The molecule has 6 heteroatoms. The summed E-state index contributed by atoms with van der Waals surface area (Å²) in [5.74, 6) is -0.354. The van der Waals surface area contributed by atoms with Crippen LogP contribution in [0.4, 0.5) is 0 Å². The van der Waals surface area contributed by atoms with E-state index in [2.05, 4.69) is 6.07 Å². The van der Waals surface area contributed by atoms with Crippen molar-refractivity contribution in [3.05, 3.63) is 303 Å². The van der Waals surface area contributed by atoms with E-state index < -0.39 is 40.3 Å². The molecule has 13 aromatic rings. The smallest absolute Gasteiger partial charge is 0.238 e. The number of hydrogen-bond acceptors (Lipinski definition) is 3. The number of rotatable bonds is 12. The lowest BCUT2D eigenvalue weighted by molar-refractivity contribution is 0.953. The van der Waals surface area contributed by atoms with Crippen LogP contribution in [0, 0.1) is 0 Å². The van der Waals surface area contributed by atoms with E-state index >= 15 is 0 Å². The Morgan fingerprint density at radius 2 is 0.640 bits per heavy atom. The third kappa shape index (κ3) is 7.95. The van der Waals surface area contributed by atoms with Gasteiger partial charge in [0.2, 0.25) is 5.95 Å². The second kappa shape index (κ2) is 19.6. The van der Waals surface area contributed by atoms with Crippen molar-refractivity contribution in [2.24, 2.45) is 0 Å². The number of hydrogen-bond donors (Lipinski definition) is 0. The number of nitrogens with zero attached hydrogens (tertiary/aromatic N) is 4. The zero-order valence-corrected chi connectivity index (χ0v) is 42.5. The maximum Gasteiger partial charge on any atom is 0.238 e. The van der Waals surface area contributed by atoms with E-state index in [1.165, 1.54) is 0 Å². The second-order valence-corrected chi connectivity index (χ2v) is 25.9. The van der Waals surface area contributed by atoms with Crippen molar-refractivity contribution in [2.75, 3.05) is 0 Å². The molecule has 0 unspecified atom stereocenters. The topological polar surface area (TPSA) is 43.6 Å². The van der Waals surface area contributed by atoms with Crippen LogP contribution in [-0.2, 0) is 0 Å². The van der Waals surface area contributed by atoms with Gasteiger partial charge in [0.25, 0.3) is 0 Å². The van der Waals surface area contributed by atoms with E-state index in [9.17, 15) is 11.0 Å². The Balaban J connectivity index is 1.17. The Morgan fingerprint density at radius 1 is 0.293 bits per heavy atom. The molecule has 2 heterocycles. The van der Waals surface area contributed by atoms with E-state index in [1.807, 2.05) is 253 Å². The van der Waals surface area contributed by atoms with Crippen LogP contribution >= 0.6 is 0 Å². The quantitative estimate of drug-likeness (QED) is 0.0905. The molecule has 4 nitrogen and oxygen atoms in total. The van der Waals surface area contributed by atoms with Gasteiger partial charge in [0.05, 0.1) is 22.0 Å². The fraction of sp³-hybridized carbons (Fsp3) is 0. The first-order valence-corrected chi connectivity index (χ1v) is 29.0. The van der Waals surface area contributed by atoms with Gasteiger partial charge in [-0.25, -0.2) is 4.98 Å². The summed E-state index contributed by atoms with van der Waals surface area (Å²) in [4.78, 5) is 15.7. The van der Waals surface area contributed by atoms with Gasteiger partial charge in [-0.05, 0) is 64.8 Å². The van der Waals surface area contributed by atoms with Crippen LogP contribution < -0.4 is 41.5 Å². The summed E-state index contributed by atoms with van der Waals surface area (Å²) in [6.45, 7) is 0. The summed E-state index contributed by atoms with van der Waals surface area (Å²) in [7, 11) is -7.66. The molecule has 0 bridgehead atoms. The van der Waals surface area contributed by atoms with Gasteiger partial charge in [-0.3, -0.25) is 4.57 Å². The molecule has 0 fully saturated rings. The molecular weight excluding hydrogens is 941 g/mol. The minimum atomic E-state index is -3.90. The Kier molecular flexibility index (Phi) is 9.77. The maximum absolute atomic E-state index is 10.8. The molecule has 0 aliphatic heterocycles. The van der Waals surface area contributed by atoms with Gasteiger partial charge >= 0.3 is 0 Å². The van der Waals surface area contributed by atoms with Crippen LogP contribution in [0.15, 0.2) is 303 Å². The van der Waals surface area contributed by atoms with Gasteiger partial charge in [0.15, 0.2) is 27.8 Å². The minimum absolute atomic E-state index is 0.0361. The minimum Gasteiger partial charge on any atom is -0.278 e. The third-order valence-electron chi connectivity index (χ3n) is 14.3. The SMILES string of the molecule is [2H]c1c([2H])c(-c2nc(-c3c([2H])c([2H])c([2H])c([Si](c4ccccc4)(c4ccccc4)c4cccc(-c5ccccc5)c4)c3[2H])nc(-n3c4ccccc4c4ccccc43)n2)c([2H])c([Si](c2ccccc2)(c2ccccc2)c2ccccc2)c1[2H]. The van der Waals surface area contributed by atoms with E-state index in [0.717, 1.165) is 64.1 Å². The number of para-hydroxylation sites is 2. The van der Waals surface area contributed by atoms with Crippen LogP contribution in [-0.4, -0.2) is 35.7 Å². The van der Waals surface area contributed by atoms with Gasteiger partial charge in [0, 0.05) is 21.9 Å². The Bertz CT molecular complexity index is 4410. The Morgan fingerprint density at radius 3 is 1.07 bits per heavy atom. The predicted molar refractivity (Wildman–Crippen MR) is 318 cm³/mol. The molecule has 0 aliphatic rings. The maximum atomic E-state index is 10.8. The molecule has 0 N–H and O–H groups in total. The Labute approximate surface area is 450 Å². The lowest BCUT2D eigenvalue weighted by Gasteiger charge is -2.35. The first kappa shape index (κ1) is 37.4. The zero-order valence-electron chi connectivity index (χ0n) is 48.5. The standard InChI is InChI=1S/C69H50N4Si2/c1-7-26-51(27-8-1)52-28-23-41-60(48-52)75(58-37-15-5-16-38-58,59-39-17-6-18-40-59)62-43-25-30-54(50-62)68-70-67(71-69(72-68)73-65-46-21-19-44-63(65)64-45-20-22-47-66(64)73)53-29-24-42-61(49-53)74(55-31-9-2-10-32-55,56-33-11-3-12-34-56)57-35-13-4-14-36-57/h1-50H/i24D,25D,29D,30D,42D,43D,49D,50D. The van der Waals surface area contributed by atoms with Crippen molar-refractivity contribution in [2.45, 2.75) is 0 Å². The summed E-state index contributed by atoms with van der Waals surface area (Å²) in [6.07, 6.45) is 0. The molecule has 0 saturated heterocycles. The molecule has 0 saturated carbocycles. The molecule has 13 rings (SSSR count). The molecule has 75 heavy (non-hydrogen) atoms. The zero-order chi connectivity index (χ0) is 57.0. The van der Waals surface area contributed by atoms with Crippen LogP contribution in [0.1, 0.15) is 11.0 Å². The summed E-state index contributed by atoms with van der Waals surface area (Å²) in [6, 6.07) is 80.3. The van der Waals surface area contributed by atoms with Gasteiger partial charge in [-0.15, -0.1) is 0 Å². The lowest BCUT2D eigenvalue weighted by atomic mass is 10.1. The van der Waals surface area contributed by atoms with Gasteiger partial charge in [-0.2, -0.15) is 9.97 Å². The highest BCUT2D eigenvalue weighted by atomic mass is 28.3. The highest BCUT2D eigenvalue weighted by Crippen LogP contribution is 2.32. The summed E-state index contributed by atoms with van der Waals surface area (Å²) in [5, 5.41) is 7.38. The van der Waals surface area contributed by atoms with Crippen LogP contribution in [0.5, 0.6) is 0 Å². The van der Waals surface area contributed by atoms with E-state index in [4.69, 9.17) is 15.0 Å². The van der Waals surface area contributed by atoms with Crippen LogP contribution in [0.25, 0.3) is 61.7 Å². The first-order chi connectivity index (χ1) is 40.5. The van der Waals surface area contributed by atoms with Crippen molar-refractivity contribution in [3.63, 3.8) is 0 Å². The molecule has 0 atom stereocenters. The van der Waals surface area contributed by atoms with Crippen molar-refractivity contribution in [1.82, 2.24) is 19.5 Å². The molecule has 0 radical (unpaired) electrons. The molecule has 0 aliphatic carbocycles. The highest BCUT2D eigenvalue weighted by Gasteiger charge is 2.43. The molecule has 0 spiro atoms. The average molecular weight is 999 g/mol. The fourth-order valence-electron chi connectivity index (χ4n) is 11.0. The number of fused-ring (bicyclic) bond motifs is 3. The second-order valence-electron chi connectivity index (χ2n) is 18.4. The summed E-state index contributed by atoms with van der Waals surface area (Å²) >= 11 is 0. The summed E-state index contributed by atoms with van der Waals surface area (Å²) < 4.78 is 83.0. The van der Waals surface area contributed by atoms with Crippen molar-refractivity contribution in [3.8, 4) is 39.9 Å². The van der Waals surface area contributed by atoms with Crippen molar-refractivity contribution < 1.29 is 11.0 Å². The van der Waals surface area contributed by atoms with Gasteiger partial charge in [0.1, 0.15) is 0 Å². The molecule has 0 amide bonds. The molecular formula is C69H50N4Si2. The lowest BCUT2D eigenvalue weighted by Crippen LogP contribution is -2.74. The fourth-order valence-corrected chi connectivity index (χ4v) is 20.0. The molecule has 2 aromatic heterocycles.